The van der Waals surface area contributed by atoms with Crippen molar-refractivity contribution in [1.29, 1.82) is 0 Å². The molecule has 0 unspecified atom stereocenters. The summed E-state index contributed by atoms with van der Waals surface area (Å²) in [6.45, 7) is 3.80. The highest BCUT2D eigenvalue weighted by molar-refractivity contribution is 9.11. The molecule has 2 rings (SSSR count). The maximum absolute atomic E-state index is 5.15. The van der Waals surface area contributed by atoms with Crippen LogP contribution in [0.2, 0.25) is 0 Å². The lowest BCUT2D eigenvalue weighted by Crippen LogP contribution is -2.05. The summed E-state index contributed by atoms with van der Waals surface area (Å²) in [5, 5.41) is 0. The minimum Gasteiger partial charge on any atom is -0.371 e. The SMILES string of the molecule is Cc1c(Br)nc(Br)n1C[C@H]1CO1. The van der Waals surface area contributed by atoms with Gasteiger partial charge in [-0.05, 0) is 38.8 Å². The molecule has 0 aliphatic carbocycles. The van der Waals surface area contributed by atoms with Crippen molar-refractivity contribution in [2.45, 2.75) is 19.6 Å². The minimum absolute atomic E-state index is 0.390. The summed E-state index contributed by atoms with van der Waals surface area (Å²) >= 11 is 6.76. The first kappa shape index (κ1) is 8.72. The number of aromatic nitrogens is 2. The Kier molecular flexibility index (Phi) is 2.27. The lowest BCUT2D eigenvalue weighted by atomic mass is 10.4. The molecule has 0 N–H and O–H groups in total. The van der Waals surface area contributed by atoms with E-state index in [1.165, 1.54) is 0 Å². The van der Waals surface area contributed by atoms with Gasteiger partial charge in [-0.2, -0.15) is 0 Å². The van der Waals surface area contributed by atoms with Crippen molar-refractivity contribution in [3.63, 3.8) is 0 Å². The van der Waals surface area contributed by atoms with Gasteiger partial charge in [0.2, 0.25) is 0 Å². The fraction of sp³-hybridized carbons (Fsp3) is 0.571. The van der Waals surface area contributed by atoms with Crippen molar-refractivity contribution >= 4 is 31.9 Å². The summed E-state index contributed by atoms with van der Waals surface area (Å²) in [4.78, 5) is 4.23. The van der Waals surface area contributed by atoms with Gasteiger partial charge >= 0.3 is 0 Å². The third kappa shape index (κ3) is 1.58. The summed E-state index contributed by atoms with van der Waals surface area (Å²) < 4.78 is 9.01. The molecule has 1 atom stereocenters. The van der Waals surface area contributed by atoms with Gasteiger partial charge in [0.25, 0.3) is 0 Å². The largest absolute Gasteiger partial charge is 0.371 e. The van der Waals surface area contributed by atoms with Crippen LogP contribution < -0.4 is 0 Å². The molecule has 5 heteroatoms. The number of epoxide rings is 1. The third-order valence-electron chi connectivity index (χ3n) is 1.91. The molecule has 1 aromatic rings. The molecule has 66 valence electrons. The Balaban J connectivity index is 2.26. The lowest BCUT2D eigenvalue weighted by molar-refractivity contribution is 0.379. The highest BCUT2D eigenvalue weighted by atomic mass is 79.9. The van der Waals surface area contributed by atoms with Crippen molar-refractivity contribution in [2.75, 3.05) is 6.61 Å². The molecule has 2 heterocycles. The van der Waals surface area contributed by atoms with Crippen LogP contribution in [0.1, 0.15) is 5.69 Å². The molecule has 1 aliphatic rings. The molecule has 0 radical (unpaired) electrons. The van der Waals surface area contributed by atoms with E-state index in [2.05, 4.69) is 41.4 Å². The average molecular weight is 296 g/mol. The predicted molar refractivity (Wildman–Crippen MR) is 52.1 cm³/mol. The fourth-order valence-corrected chi connectivity index (χ4v) is 2.27. The molecule has 1 fully saturated rings. The van der Waals surface area contributed by atoms with Crippen LogP contribution in [0.3, 0.4) is 0 Å². The van der Waals surface area contributed by atoms with Gasteiger partial charge in [0.05, 0.1) is 19.3 Å². The average Bonchev–Trinajstić information content (AvgIpc) is 2.77. The van der Waals surface area contributed by atoms with E-state index in [0.29, 0.717) is 6.10 Å². The highest BCUT2D eigenvalue weighted by Crippen LogP contribution is 2.23. The number of hydrogen-bond donors (Lipinski definition) is 0. The van der Waals surface area contributed by atoms with Crippen LogP contribution in [-0.4, -0.2) is 22.3 Å². The monoisotopic (exact) mass is 294 g/mol. The Morgan fingerprint density at radius 1 is 1.67 bits per heavy atom. The molecule has 12 heavy (non-hydrogen) atoms. The standard InChI is InChI=1S/C7H8Br2N2O/c1-4-6(8)10-7(9)11(4)2-5-3-12-5/h5H,2-3H2,1H3/t5-/m0/s1. The quantitative estimate of drug-likeness (QED) is 0.783. The van der Waals surface area contributed by atoms with Gasteiger partial charge in [0.15, 0.2) is 4.73 Å². The number of imidazole rings is 1. The first-order valence-corrected chi connectivity index (χ1v) is 5.27. The molecule has 1 saturated heterocycles. The van der Waals surface area contributed by atoms with E-state index in [9.17, 15) is 0 Å². The summed E-state index contributed by atoms with van der Waals surface area (Å²) in [5.74, 6) is 0. The van der Waals surface area contributed by atoms with Crippen molar-refractivity contribution < 1.29 is 4.74 Å². The van der Waals surface area contributed by atoms with E-state index < -0.39 is 0 Å². The smallest absolute Gasteiger partial charge is 0.178 e. The number of ether oxygens (including phenoxy) is 1. The number of halogens is 2. The van der Waals surface area contributed by atoms with Gasteiger partial charge in [0, 0.05) is 5.69 Å². The molecular weight excluding hydrogens is 288 g/mol. The molecule has 1 aromatic heterocycles. The maximum Gasteiger partial charge on any atom is 0.178 e. The Hall–Kier alpha value is 0.130. The summed E-state index contributed by atoms with van der Waals surface area (Å²) in [6.07, 6.45) is 0.390. The number of rotatable bonds is 2. The van der Waals surface area contributed by atoms with Gasteiger partial charge in [-0.25, -0.2) is 4.98 Å². The first-order chi connectivity index (χ1) is 5.68. The Labute approximate surface area is 87.4 Å². The van der Waals surface area contributed by atoms with Crippen molar-refractivity contribution in [1.82, 2.24) is 9.55 Å². The Morgan fingerprint density at radius 3 is 2.75 bits per heavy atom. The predicted octanol–water partition coefficient (Wildman–Crippen LogP) is 2.12. The van der Waals surface area contributed by atoms with Crippen LogP contribution in [0.25, 0.3) is 0 Å². The zero-order chi connectivity index (χ0) is 8.72. The maximum atomic E-state index is 5.15. The Bertz CT molecular complexity index is 307. The van der Waals surface area contributed by atoms with E-state index in [4.69, 9.17) is 4.74 Å². The van der Waals surface area contributed by atoms with Gasteiger partial charge in [-0.15, -0.1) is 0 Å². The second-order valence-electron chi connectivity index (χ2n) is 2.82. The van der Waals surface area contributed by atoms with E-state index >= 15 is 0 Å². The lowest BCUT2D eigenvalue weighted by Gasteiger charge is -2.02. The molecule has 0 amide bonds. The van der Waals surface area contributed by atoms with Gasteiger partial charge in [-0.1, -0.05) is 0 Å². The molecule has 1 aliphatic heterocycles. The second kappa shape index (κ2) is 3.12. The van der Waals surface area contributed by atoms with Crippen molar-refractivity contribution in [3.05, 3.63) is 15.0 Å². The van der Waals surface area contributed by atoms with E-state index in [0.717, 1.165) is 28.2 Å². The van der Waals surface area contributed by atoms with Crippen LogP contribution in [0.4, 0.5) is 0 Å². The topological polar surface area (TPSA) is 30.4 Å². The highest BCUT2D eigenvalue weighted by Gasteiger charge is 2.25. The molecule has 0 bridgehead atoms. The van der Waals surface area contributed by atoms with Crippen LogP contribution in [0.5, 0.6) is 0 Å². The van der Waals surface area contributed by atoms with Gasteiger partial charge in [0.1, 0.15) is 4.60 Å². The van der Waals surface area contributed by atoms with E-state index in [1.54, 1.807) is 0 Å². The van der Waals surface area contributed by atoms with Crippen LogP contribution >= 0.6 is 31.9 Å². The van der Waals surface area contributed by atoms with Crippen LogP contribution in [-0.2, 0) is 11.3 Å². The van der Waals surface area contributed by atoms with E-state index in [-0.39, 0.29) is 0 Å². The normalized spacial score (nSPS) is 21.4. The zero-order valence-electron chi connectivity index (χ0n) is 6.55. The first-order valence-electron chi connectivity index (χ1n) is 3.68. The number of hydrogen-bond acceptors (Lipinski definition) is 2. The zero-order valence-corrected chi connectivity index (χ0v) is 9.72. The third-order valence-corrected chi connectivity index (χ3v) is 3.26. The molecular formula is C7H8Br2N2O. The minimum atomic E-state index is 0.390. The fourth-order valence-electron chi connectivity index (χ4n) is 1.06. The van der Waals surface area contributed by atoms with Crippen LogP contribution in [0.15, 0.2) is 9.34 Å². The summed E-state index contributed by atoms with van der Waals surface area (Å²) in [6, 6.07) is 0. The molecule has 3 nitrogen and oxygen atoms in total. The van der Waals surface area contributed by atoms with Gasteiger partial charge in [-0.3, -0.25) is 0 Å². The number of nitrogens with zero attached hydrogens (tertiary/aromatic N) is 2. The molecule has 0 spiro atoms. The van der Waals surface area contributed by atoms with Gasteiger partial charge < -0.3 is 9.30 Å². The second-order valence-corrected chi connectivity index (χ2v) is 4.28. The van der Waals surface area contributed by atoms with Crippen molar-refractivity contribution in [2.24, 2.45) is 0 Å². The van der Waals surface area contributed by atoms with Crippen molar-refractivity contribution in [3.8, 4) is 0 Å². The summed E-state index contributed by atoms with van der Waals surface area (Å²) in [7, 11) is 0. The summed E-state index contributed by atoms with van der Waals surface area (Å²) in [5.41, 5.74) is 1.14. The van der Waals surface area contributed by atoms with Crippen LogP contribution in [0, 0.1) is 6.92 Å². The Morgan fingerprint density at radius 2 is 2.33 bits per heavy atom. The van der Waals surface area contributed by atoms with E-state index in [1.807, 2.05) is 6.92 Å². The molecule has 0 saturated carbocycles. The molecule has 0 aromatic carbocycles.